The number of aliphatic hydroxyl groups is 3. The number of hydrogen-bond donors (Lipinski definition) is 4. The van der Waals surface area contributed by atoms with Crippen LogP contribution in [0.2, 0.25) is 0 Å². The number of esters is 1. The Morgan fingerprint density at radius 2 is 1.94 bits per heavy atom. The quantitative estimate of drug-likeness (QED) is 0.297. The minimum absolute atomic E-state index is 0.297. The molecule has 0 saturated carbocycles. The Morgan fingerprint density at radius 3 is 2.29 bits per heavy atom. The molecule has 0 aliphatic heterocycles. The molecule has 0 fully saturated rings. The molecule has 7 nitrogen and oxygen atoms in total. The molecule has 5 N–H and O–H groups in total. The number of rotatable bonds is 7. The van der Waals surface area contributed by atoms with Crippen molar-refractivity contribution in [3.05, 3.63) is 0 Å². The molecule has 100 valence electrons. The number of hydrogen-bond acceptors (Lipinski definition) is 7. The van der Waals surface area contributed by atoms with Crippen LogP contribution in [-0.4, -0.2) is 58.5 Å². The van der Waals surface area contributed by atoms with Crippen LogP contribution in [-0.2, 0) is 14.3 Å². The molecule has 7 heteroatoms. The molecule has 0 saturated heterocycles. The summed E-state index contributed by atoms with van der Waals surface area (Å²) in [6.45, 7) is 2.41. The molecular formula is C10H19NO6. The molecule has 0 spiro atoms. The fourth-order valence-corrected chi connectivity index (χ4v) is 1.05. The van der Waals surface area contributed by atoms with E-state index in [-0.39, 0.29) is 0 Å². The van der Waals surface area contributed by atoms with Gasteiger partial charge in [-0.1, -0.05) is 13.8 Å². The van der Waals surface area contributed by atoms with Gasteiger partial charge in [-0.05, 0) is 0 Å². The predicted octanol–water partition coefficient (Wildman–Crippen LogP) is -2.21. The number of nitrogens with two attached hydrogens (primary N) is 1. The summed E-state index contributed by atoms with van der Waals surface area (Å²) in [6, 6.07) is -1.27. The van der Waals surface area contributed by atoms with Gasteiger partial charge in [0, 0.05) is 0 Å². The van der Waals surface area contributed by atoms with Gasteiger partial charge in [-0.2, -0.15) is 0 Å². The highest BCUT2D eigenvalue weighted by molar-refractivity contribution is 5.72. The molecule has 0 bridgehead atoms. The molecular weight excluding hydrogens is 230 g/mol. The highest BCUT2D eigenvalue weighted by Crippen LogP contribution is 2.10. The second-order valence-electron chi connectivity index (χ2n) is 4.01. The summed E-state index contributed by atoms with van der Waals surface area (Å²) in [6.07, 6.45) is -4.25. The average Bonchev–Trinajstić information content (AvgIpc) is 2.32. The first-order valence-corrected chi connectivity index (χ1v) is 5.23. The maximum atomic E-state index is 11.3. The minimum Gasteiger partial charge on any atom is -0.457 e. The van der Waals surface area contributed by atoms with Crippen LogP contribution >= 0.6 is 0 Å². The zero-order valence-electron chi connectivity index (χ0n) is 9.81. The number of aldehydes is 1. The van der Waals surface area contributed by atoms with Gasteiger partial charge in [0.2, 0.25) is 0 Å². The Hall–Kier alpha value is -1.02. The third kappa shape index (κ3) is 4.78. The molecule has 17 heavy (non-hydrogen) atoms. The van der Waals surface area contributed by atoms with E-state index in [1.807, 2.05) is 0 Å². The van der Waals surface area contributed by atoms with Crippen LogP contribution in [0.4, 0.5) is 0 Å². The summed E-state index contributed by atoms with van der Waals surface area (Å²) in [5.74, 6) is -1.12. The van der Waals surface area contributed by atoms with Gasteiger partial charge in [-0.3, -0.25) is 4.79 Å². The summed E-state index contributed by atoms with van der Waals surface area (Å²) in [5, 5.41) is 27.5. The molecule has 0 heterocycles. The average molecular weight is 249 g/mol. The van der Waals surface area contributed by atoms with Crippen LogP contribution in [0.15, 0.2) is 0 Å². The lowest BCUT2D eigenvalue weighted by Crippen LogP contribution is -2.52. The molecule has 0 radical (unpaired) electrons. The summed E-state index contributed by atoms with van der Waals surface area (Å²) < 4.78 is 4.83. The topological polar surface area (TPSA) is 130 Å². The minimum atomic E-state index is -1.62. The Labute approximate surface area is 99.2 Å². The van der Waals surface area contributed by atoms with Crippen LogP contribution in [0.25, 0.3) is 0 Å². The first kappa shape index (κ1) is 16.0. The maximum Gasteiger partial charge on any atom is 0.308 e. The van der Waals surface area contributed by atoms with E-state index in [4.69, 9.17) is 15.6 Å². The van der Waals surface area contributed by atoms with Crippen molar-refractivity contribution < 1.29 is 29.6 Å². The van der Waals surface area contributed by atoms with Gasteiger partial charge < -0.3 is 30.6 Å². The van der Waals surface area contributed by atoms with Crippen LogP contribution in [0, 0.1) is 5.92 Å². The molecule has 0 rings (SSSR count). The van der Waals surface area contributed by atoms with Gasteiger partial charge in [0.05, 0.1) is 12.5 Å². The van der Waals surface area contributed by atoms with Crippen molar-refractivity contribution in [2.45, 2.75) is 38.2 Å². The third-order valence-corrected chi connectivity index (χ3v) is 2.18. The van der Waals surface area contributed by atoms with Crippen LogP contribution < -0.4 is 5.73 Å². The van der Waals surface area contributed by atoms with E-state index in [9.17, 15) is 19.8 Å². The molecule has 0 aliphatic carbocycles. The zero-order valence-corrected chi connectivity index (χ0v) is 9.81. The first-order chi connectivity index (χ1) is 7.84. The van der Waals surface area contributed by atoms with Crippen LogP contribution in [0.3, 0.4) is 0 Å². The Morgan fingerprint density at radius 1 is 1.41 bits per heavy atom. The van der Waals surface area contributed by atoms with Gasteiger partial charge >= 0.3 is 5.97 Å². The number of carbonyl (C=O) groups is 2. The fraction of sp³-hybridized carbons (Fsp3) is 0.800. The SMILES string of the molecule is CC(C)C(=O)O[C@@H]([C@H](O)[C@H](O)CO)[C@@H](N)C=O. The van der Waals surface area contributed by atoms with Crippen molar-refractivity contribution in [1.29, 1.82) is 0 Å². The highest BCUT2D eigenvalue weighted by Gasteiger charge is 2.34. The second kappa shape index (κ2) is 7.33. The van der Waals surface area contributed by atoms with Crippen molar-refractivity contribution in [2.75, 3.05) is 6.61 Å². The van der Waals surface area contributed by atoms with Gasteiger partial charge in [0.15, 0.2) is 6.10 Å². The van der Waals surface area contributed by atoms with E-state index in [1.54, 1.807) is 13.8 Å². The molecule has 0 unspecified atom stereocenters. The predicted molar refractivity (Wildman–Crippen MR) is 57.9 cm³/mol. The van der Waals surface area contributed by atoms with Gasteiger partial charge in [0.1, 0.15) is 24.5 Å². The summed E-state index contributed by atoms with van der Waals surface area (Å²) in [7, 11) is 0. The van der Waals surface area contributed by atoms with E-state index in [0.29, 0.717) is 6.29 Å². The Kier molecular flexibility index (Phi) is 6.89. The van der Waals surface area contributed by atoms with Crippen molar-refractivity contribution in [1.82, 2.24) is 0 Å². The zero-order chi connectivity index (χ0) is 13.6. The lowest BCUT2D eigenvalue weighted by atomic mass is 10.0. The van der Waals surface area contributed by atoms with Crippen LogP contribution in [0.5, 0.6) is 0 Å². The normalized spacial score (nSPS) is 18.3. The molecule has 0 aromatic rings. The maximum absolute atomic E-state index is 11.3. The second-order valence-corrected chi connectivity index (χ2v) is 4.01. The Bertz CT molecular complexity index is 257. The number of carbonyl (C=O) groups excluding carboxylic acids is 2. The third-order valence-electron chi connectivity index (χ3n) is 2.18. The van der Waals surface area contributed by atoms with Gasteiger partial charge in [-0.15, -0.1) is 0 Å². The summed E-state index contributed by atoms with van der Waals surface area (Å²) >= 11 is 0. The monoisotopic (exact) mass is 249 g/mol. The lowest BCUT2D eigenvalue weighted by molar-refractivity contribution is -0.167. The summed E-state index contributed by atoms with van der Waals surface area (Å²) in [5.41, 5.74) is 5.36. The standard InChI is InChI=1S/C10H19NO6/c1-5(2)10(16)17-9(6(11)3-12)8(15)7(14)4-13/h3,5-9,13-15H,4,11H2,1-2H3/t6-,7+,8+,9+/m0/s1. The highest BCUT2D eigenvalue weighted by atomic mass is 16.6. The van der Waals surface area contributed by atoms with Crippen LogP contribution in [0.1, 0.15) is 13.8 Å². The first-order valence-electron chi connectivity index (χ1n) is 5.23. The summed E-state index contributed by atoms with van der Waals surface area (Å²) in [4.78, 5) is 21.9. The Balaban J connectivity index is 4.76. The van der Waals surface area contributed by atoms with E-state index < -0.39 is 42.8 Å². The van der Waals surface area contributed by atoms with Crippen molar-refractivity contribution >= 4 is 12.3 Å². The largest absolute Gasteiger partial charge is 0.457 e. The molecule has 0 aromatic heterocycles. The van der Waals surface area contributed by atoms with Crippen molar-refractivity contribution in [2.24, 2.45) is 11.7 Å². The van der Waals surface area contributed by atoms with E-state index in [0.717, 1.165) is 0 Å². The van der Waals surface area contributed by atoms with E-state index >= 15 is 0 Å². The van der Waals surface area contributed by atoms with Crippen molar-refractivity contribution in [3.63, 3.8) is 0 Å². The van der Waals surface area contributed by atoms with E-state index in [1.165, 1.54) is 0 Å². The molecule has 0 aromatic carbocycles. The lowest BCUT2D eigenvalue weighted by Gasteiger charge is -2.28. The van der Waals surface area contributed by atoms with Gasteiger partial charge in [0.25, 0.3) is 0 Å². The number of aliphatic hydroxyl groups excluding tert-OH is 3. The smallest absolute Gasteiger partial charge is 0.308 e. The number of ether oxygens (including phenoxy) is 1. The molecule has 0 aliphatic rings. The molecule has 0 amide bonds. The van der Waals surface area contributed by atoms with Gasteiger partial charge in [-0.25, -0.2) is 0 Å². The molecule has 4 atom stereocenters. The van der Waals surface area contributed by atoms with Crippen molar-refractivity contribution in [3.8, 4) is 0 Å². The fourth-order valence-electron chi connectivity index (χ4n) is 1.05. The van der Waals surface area contributed by atoms with E-state index in [2.05, 4.69) is 0 Å².